The molecule has 1 aliphatic heterocycles. The quantitative estimate of drug-likeness (QED) is 0.485. The van der Waals surface area contributed by atoms with Crippen LogP contribution in [0.1, 0.15) is 65.2 Å². The Bertz CT molecular complexity index is 1150. The molecule has 3 aromatic carbocycles. The summed E-state index contributed by atoms with van der Waals surface area (Å²) in [5, 5.41) is 7.03. The lowest BCUT2D eigenvalue weighted by Gasteiger charge is -2.43. The molecule has 1 amide bonds. The summed E-state index contributed by atoms with van der Waals surface area (Å²) in [5.74, 6) is 2.67. The van der Waals surface area contributed by atoms with Crippen LogP contribution in [0.3, 0.4) is 0 Å². The van der Waals surface area contributed by atoms with Crippen molar-refractivity contribution in [2.24, 2.45) is 17.8 Å². The average Bonchev–Trinajstić information content (AvgIpc) is 3.47. The van der Waals surface area contributed by atoms with E-state index in [-0.39, 0.29) is 5.91 Å². The third-order valence-corrected chi connectivity index (χ3v) is 8.15. The molecule has 3 nitrogen and oxygen atoms in total. The number of fused-ring (bicyclic) bond motifs is 7. The molecule has 2 bridgehead atoms. The van der Waals surface area contributed by atoms with Gasteiger partial charge >= 0.3 is 0 Å². The molecule has 0 saturated heterocycles. The van der Waals surface area contributed by atoms with E-state index in [1.165, 1.54) is 41.6 Å². The Morgan fingerprint density at radius 1 is 0.969 bits per heavy atom. The number of aryl methyl sites for hydroxylation is 1. The zero-order valence-corrected chi connectivity index (χ0v) is 18.6. The van der Waals surface area contributed by atoms with Gasteiger partial charge < -0.3 is 10.6 Å². The van der Waals surface area contributed by atoms with Crippen LogP contribution in [0, 0.1) is 17.8 Å². The lowest BCUT2D eigenvalue weighted by molar-refractivity contribution is 0.102. The highest BCUT2D eigenvalue weighted by atomic mass is 16.1. The van der Waals surface area contributed by atoms with Gasteiger partial charge in [0, 0.05) is 16.9 Å². The highest BCUT2D eigenvalue weighted by Crippen LogP contribution is 2.63. The molecule has 6 rings (SSSR count). The molecule has 0 aromatic heterocycles. The van der Waals surface area contributed by atoms with E-state index in [1.54, 1.807) is 0 Å². The van der Waals surface area contributed by atoms with E-state index >= 15 is 0 Å². The maximum Gasteiger partial charge on any atom is 0.255 e. The van der Waals surface area contributed by atoms with Gasteiger partial charge in [0.25, 0.3) is 5.91 Å². The summed E-state index contributed by atoms with van der Waals surface area (Å²) in [7, 11) is 0. The smallest absolute Gasteiger partial charge is 0.255 e. The lowest BCUT2D eigenvalue weighted by atomic mass is 9.68. The second kappa shape index (κ2) is 7.81. The molecule has 3 heteroatoms. The minimum atomic E-state index is -0.0152. The fourth-order valence-electron chi connectivity index (χ4n) is 6.76. The second-order valence-corrected chi connectivity index (χ2v) is 9.74. The van der Waals surface area contributed by atoms with Crippen molar-refractivity contribution in [2.75, 3.05) is 10.6 Å². The van der Waals surface area contributed by atoms with Crippen LogP contribution < -0.4 is 10.6 Å². The molecule has 2 N–H and O–H groups in total. The van der Waals surface area contributed by atoms with Crippen LogP contribution in [0.15, 0.2) is 72.8 Å². The van der Waals surface area contributed by atoms with Gasteiger partial charge in [0.1, 0.15) is 0 Å². The van der Waals surface area contributed by atoms with Crippen LogP contribution in [-0.2, 0) is 6.42 Å². The Labute approximate surface area is 190 Å². The predicted octanol–water partition coefficient (Wildman–Crippen LogP) is 6.80. The molecule has 3 aliphatic rings. The number of benzene rings is 3. The molecule has 162 valence electrons. The van der Waals surface area contributed by atoms with E-state index in [1.807, 2.05) is 24.3 Å². The summed E-state index contributed by atoms with van der Waals surface area (Å²) in [6, 6.07) is 25.6. The summed E-state index contributed by atoms with van der Waals surface area (Å²) in [6.45, 7) is 2.12. The van der Waals surface area contributed by atoms with Gasteiger partial charge in [-0.05, 0) is 90.3 Å². The maximum absolute atomic E-state index is 13.2. The van der Waals surface area contributed by atoms with Crippen LogP contribution in [0.5, 0.6) is 0 Å². The second-order valence-electron chi connectivity index (χ2n) is 9.74. The zero-order chi connectivity index (χ0) is 21.7. The number of hydrogen-bond donors (Lipinski definition) is 2. The molecular formula is C29H30N2O. The van der Waals surface area contributed by atoms with E-state index in [2.05, 4.69) is 66.1 Å². The van der Waals surface area contributed by atoms with Gasteiger partial charge in [-0.3, -0.25) is 4.79 Å². The maximum atomic E-state index is 13.2. The Balaban J connectivity index is 1.35. The van der Waals surface area contributed by atoms with Crippen molar-refractivity contribution < 1.29 is 4.79 Å². The number of hydrogen-bond acceptors (Lipinski definition) is 2. The van der Waals surface area contributed by atoms with Crippen LogP contribution in [0.25, 0.3) is 0 Å². The van der Waals surface area contributed by atoms with Crippen LogP contribution in [0.4, 0.5) is 11.4 Å². The lowest BCUT2D eigenvalue weighted by Crippen LogP contribution is -2.35. The van der Waals surface area contributed by atoms with Crippen LogP contribution in [0.2, 0.25) is 0 Å². The number of para-hydroxylation sites is 1. The third-order valence-electron chi connectivity index (χ3n) is 8.15. The molecule has 1 heterocycles. The number of amides is 1. The minimum absolute atomic E-state index is 0.0152. The topological polar surface area (TPSA) is 41.1 Å². The van der Waals surface area contributed by atoms with E-state index in [4.69, 9.17) is 0 Å². The van der Waals surface area contributed by atoms with Gasteiger partial charge in [0.05, 0.1) is 6.04 Å². The molecule has 5 atom stereocenters. The molecule has 3 aromatic rings. The molecule has 32 heavy (non-hydrogen) atoms. The first-order valence-electron chi connectivity index (χ1n) is 12.1. The van der Waals surface area contributed by atoms with E-state index < -0.39 is 0 Å². The van der Waals surface area contributed by atoms with Gasteiger partial charge in [0.2, 0.25) is 0 Å². The normalized spacial score (nSPS) is 27.3. The van der Waals surface area contributed by atoms with Crippen molar-refractivity contribution in [3.05, 3.63) is 95.1 Å². The van der Waals surface area contributed by atoms with Gasteiger partial charge in [-0.1, -0.05) is 55.5 Å². The Kier molecular flexibility index (Phi) is 4.78. The Morgan fingerprint density at radius 3 is 2.59 bits per heavy atom. The molecule has 2 saturated carbocycles. The number of carbonyl (C=O) groups is 1. The van der Waals surface area contributed by atoms with Gasteiger partial charge in [0.15, 0.2) is 0 Å². The largest absolute Gasteiger partial charge is 0.378 e. The van der Waals surface area contributed by atoms with Crippen molar-refractivity contribution in [1.82, 2.24) is 0 Å². The van der Waals surface area contributed by atoms with Crippen molar-refractivity contribution in [3.63, 3.8) is 0 Å². The summed E-state index contributed by atoms with van der Waals surface area (Å²) in [4.78, 5) is 13.2. The summed E-state index contributed by atoms with van der Waals surface area (Å²) in [6.07, 6.45) is 4.91. The van der Waals surface area contributed by atoms with E-state index in [0.717, 1.165) is 29.5 Å². The minimum Gasteiger partial charge on any atom is -0.378 e. The Hall–Kier alpha value is -3.07. The SMILES string of the molecule is CCc1ccccc1NC(=O)c1ccc2c(c1)[C@H]1[C@@H]3CC[C@@H](C3)[C@@H]1[C@H](c1ccccc1)N2. The van der Waals surface area contributed by atoms with Crippen molar-refractivity contribution in [3.8, 4) is 0 Å². The third kappa shape index (κ3) is 3.14. The number of anilines is 2. The summed E-state index contributed by atoms with van der Waals surface area (Å²) in [5.41, 5.74) is 6.79. The predicted molar refractivity (Wildman–Crippen MR) is 130 cm³/mol. The number of rotatable bonds is 4. The molecule has 0 radical (unpaired) electrons. The molecule has 2 aliphatic carbocycles. The standard InChI is InChI=1S/C29H30N2O/c1-2-18-8-6-7-11-24(18)31-29(32)22-14-15-25-23(17-22)26-20-12-13-21(16-20)27(26)28(30-25)19-9-4-3-5-10-19/h3-11,14-15,17,20-21,26-28,30H,2,12-13,16H2,1H3,(H,31,32)/t20-,21+,26-,27+,28+/m1/s1. The van der Waals surface area contributed by atoms with E-state index in [9.17, 15) is 4.79 Å². The molecule has 0 unspecified atom stereocenters. The number of carbonyl (C=O) groups excluding carboxylic acids is 1. The van der Waals surface area contributed by atoms with Crippen LogP contribution in [-0.4, -0.2) is 5.91 Å². The van der Waals surface area contributed by atoms with E-state index in [0.29, 0.717) is 17.9 Å². The van der Waals surface area contributed by atoms with Crippen molar-refractivity contribution >= 4 is 17.3 Å². The van der Waals surface area contributed by atoms with Crippen molar-refractivity contribution in [2.45, 2.75) is 44.6 Å². The van der Waals surface area contributed by atoms with Gasteiger partial charge in [-0.25, -0.2) is 0 Å². The highest BCUT2D eigenvalue weighted by molar-refractivity contribution is 6.05. The van der Waals surface area contributed by atoms with Crippen LogP contribution >= 0.6 is 0 Å². The number of nitrogens with one attached hydrogen (secondary N) is 2. The summed E-state index contributed by atoms with van der Waals surface area (Å²) >= 11 is 0. The first kappa shape index (κ1) is 19.6. The molecular weight excluding hydrogens is 392 g/mol. The monoisotopic (exact) mass is 422 g/mol. The van der Waals surface area contributed by atoms with Gasteiger partial charge in [-0.15, -0.1) is 0 Å². The zero-order valence-electron chi connectivity index (χ0n) is 18.6. The average molecular weight is 423 g/mol. The first-order valence-corrected chi connectivity index (χ1v) is 12.1. The van der Waals surface area contributed by atoms with Crippen molar-refractivity contribution in [1.29, 1.82) is 0 Å². The Morgan fingerprint density at radius 2 is 1.75 bits per heavy atom. The fraction of sp³-hybridized carbons (Fsp3) is 0.345. The molecule has 0 spiro atoms. The van der Waals surface area contributed by atoms with Gasteiger partial charge in [-0.2, -0.15) is 0 Å². The highest BCUT2D eigenvalue weighted by Gasteiger charge is 2.53. The fourth-order valence-corrected chi connectivity index (χ4v) is 6.76. The molecule has 2 fully saturated rings. The summed E-state index contributed by atoms with van der Waals surface area (Å²) < 4.78 is 0. The first-order chi connectivity index (χ1) is 15.7.